The van der Waals surface area contributed by atoms with Gasteiger partial charge < -0.3 is 5.32 Å². The minimum atomic E-state index is -0.235. The summed E-state index contributed by atoms with van der Waals surface area (Å²) in [5.74, 6) is 0.955. The Balaban J connectivity index is 2.25. The fourth-order valence-corrected chi connectivity index (χ4v) is 2.08. The van der Waals surface area contributed by atoms with Gasteiger partial charge >= 0.3 is 0 Å². The van der Waals surface area contributed by atoms with Crippen molar-refractivity contribution in [3.63, 3.8) is 0 Å². The summed E-state index contributed by atoms with van der Waals surface area (Å²) < 4.78 is 0. The van der Waals surface area contributed by atoms with Gasteiger partial charge in [-0.25, -0.2) is 0 Å². The summed E-state index contributed by atoms with van der Waals surface area (Å²) in [5.41, 5.74) is -0.235. The number of hydrogen-bond donors (Lipinski definition) is 1. The fourth-order valence-electron chi connectivity index (χ4n) is 2.08. The minimum Gasteiger partial charge on any atom is -0.370 e. The zero-order valence-electron chi connectivity index (χ0n) is 7.30. The molecule has 0 radical (unpaired) electrons. The van der Waals surface area contributed by atoms with E-state index in [4.69, 9.17) is 5.26 Å². The smallest absolute Gasteiger partial charge is 0.118 e. The molecule has 2 unspecified atom stereocenters. The van der Waals surface area contributed by atoms with Crippen LogP contribution in [0.2, 0.25) is 0 Å². The van der Waals surface area contributed by atoms with Gasteiger partial charge in [0, 0.05) is 12.6 Å². The number of nitrogens with zero attached hydrogens (tertiary/aromatic N) is 2. The van der Waals surface area contributed by atoms with Gasteiger partial charge in [0.2, 0.25) is 0 Å². The summed E-state index contributed by atoms with van der Waals surface area (Å²) in [6.07, 6.45) is 2.96. The van der Waals surface area contributed by atoms with Crippen LogP contribution < -0.4 is 5.32 Å². The SMILES string of the molecule is CCC1CC2(C#N)CCN=C2N1. The fraction of sp³-hybridized carbons (Fsp3) is 0.778. The second-order valence-corrected chi connectivity index (χ2v) is 3.63. The van der Waals surface area contributed by atoms with Crippen LogP contribution in [0.3, 0.4) is 0 Å². The molecular weight excluding hydrogens is 150 g/mol. The Morgan fingerprint density at radius 2 is 2.67 bits per heavy atom. The third kappa shape index (κ3) is 0.842. The van der Waals surface area contributed by atoms with Crippen molar-refractivity contribution >= 4 is 5.84 Å². The zero-order chi connectivity index (χ0) is 8.60. The van der Waals surface area contributed by atoms with E-state index in [9.17, 15) is 0 Å². The first-order chi connectivity index (χ1) is 5.80. The number of amidine groups is 1. The molecule has 0 aromatic carbocycles. The van der Waals surface area contributed by atoms with Crippen molar-refractivity contribution in [2.45, 2.75) is 32.2 Å². The molecule has 0 spiro atoms. The maximum atomic E-state index is 9.07. The van der Waals surface area contributed by atoms with Gasteiger partial charge in [-0.1, -0.05) is 6.92 Å². The number of nitrogens with one attached hydrogen (secondary N) is 1. The molecule has 0 bridgehead atoms. The molecule has 64 valence electrons. The van der Waals surface area contributed by atoms with E-state index in [0.29, 0.717) is 6.04 Å². The highest BCUT2D eigenvalue weighted by molar-refractivity contribution is 5.94. The number of hydrogen-bond acceptors (Lipinski definition) is 3. The van der Waals surface area contributed by atoms with Crippen LogP contribution in [0.1, 0.15) is 26.2 Å². The second kappa shape index (κ2) is 2.48. The molecule has 2 aliphatic heterocycles. The molecule has 0 aromatic rings. The van der Waals surface area contributed by atoms with Crippen molar-refractivity contribution in [3.8, 4) is 6.07 Å². The Morgan fingerprint density at radius 3 is 3.25 bits per heavy atom. The molecular formula is C9H13N3. The van der Waals surface area contributed by atoms with Gasteiger partial charge in [-0.2, -0.15) is 5.26 Å². The van der Waals surface area contributed by atoms with Crippen LogP contribution in [0.5, 0.6) is 0 Å². The number of fused-ring (bicyclic) bond motifs is 1. The lowest BCUT2D eigenvalue weighted by Gasteiger charge is -2.12. The van der Waals surface area contributed by atoms with Crippen LogP contribution in [0, 0.1) is 16.7 Å². The van der Waals surface area contributed by atoms with E-state index in [1.54, 1.807) is 0 Å². The summed E-state index contributed by atoms with van der Waals surface area (Å²) in [4.78, 5) is 4.32. The van der Waals surface area contributed by atoms with Crippen LogP contribution in [-0.4, -0.2) is 18.4 Å². The predicted octanol–water partition coefficient (Wildman–Crippen LogP) is 1.07. The third-order valence-corrected chi connectivity index (χ3v) is 2.90. The molecule has 0 amide bonds. The highest BCUT2D eigenvalue weighted by atomic mass is 15.1. The highest BCUT2D eigenvalue weighted by Crippen LogP contribution is 2.38. The summed E-state index contributed by atoms with van der Waals surface area (Å²) in [5, 5.41) is 12.4. The quantitative estimate of drug-likeness (QED) is 0.628. The largest absolute Gasteiger partial charge is 0.370 e. The maximum absolute atomic E-state index is 9.07. The first kappa shape index (κ1) is 7.60. The third-order valence-electron chi connectivity index (χ3n) is 2.90. The van der Waals surface area contributed by atoms with Crippen LogP contribution in [0.15, 0.2) is 4.99 Å². The van der Waals surface area contributed by atoms with Crippen LogP contribution in [-0.2, 0) is 0 Å². The van der Waals surface area contributed by atoms with E-state index < -0.39 is 0 Å². The van der Waals surface area contributed by atoms with Crippen LogP contribution in [0.25, 0.3) is 0 Å². The van der Waals surface area contributed by atoms with Crippen molar-refractivity contribution in [2.24, 2.45) is 10.4 Å². The van der Waals surface area contributed by atoms with Crippen LogP contribution in [0.4, 0.5) is 0 Å². The summed E-state index contributed by atoms with van der Waals surface area (Å²) >= 11 is 0. The van der Waals surface area contributed by atoms with E-state index in [-0.39, 0.29) is 5.41 Å². The molecule has 2 heterocycles. The minimum absolute atomic E-state index is 0.235. The van der Waals surface area contributed by atoms with Crippen molar-refractivity contribution in [3.05, 3.63) is 0 Å². The number of nitriles is 1. The topological polar surface area (TPSA) is 48.2 Å². The van der Waals surface area contributed by atoms with Gasteiger partial charge in [0.05, 0.1) is 6.07 Å². The Labute approximate surface area is 72.5 Å². The average Bonchev–Trinajstić information content (AvgIpc) is 2.58. The second-order valence-electron chi connectivity index (χ2n) is 3.63. The van der Waals surface area contributed by atoms with Gasteiger partial charge in [0.1, 0.15) is 11.3 Å². The first-order valence-electron chi connectivity index (χ1n) is 4.53. The molecule has 2 rings (SSSR count). The Morgan fingerprint density at radius 1 is 1.83 bits per heavy atom. The monoisotopic (exact) mass is 163 g/mol. The molecule has 0 aliphatic carbocycles. The molecule has 3 nitrogen and oxygen atoms in total. The predicted molar refractivity (Wildman–Crippen MR) is 46.8 cm³/mol. The van der Waals surface area contributed by atoms with Gasteiger partial charge in [0.15, 0.2) is 0 Å². The lowest BCUT2D eigenvalue weighted by molar-refractivity contribution is 0.467. The molecule has 0 saturated carbocycles. The summed E-state index contributed by atoms with van der Waals surface area (Å²) in [7, 11) is 0. The normalized spacial score (nSPS) is 38.3. The van der Waals surface area contributed by atoms with Gasteiger partial charge in [-0.05, 0) is 19.3 Å². The van der Waals surface area contributed by atoms with Crippen molar-refractivity contribution < 1.29 is 0 Å². The summed E-state index contributed by atoms with van der Waals surface area (Å²) in [6.45, 7) is 2.97. The molecule has 12 heavy (non-hydrogen) atoms. The van der Waals surface area contributed by atoms with Crippen molar-refractivity contribution in [1.82, 2.24) is 5.32 Å². The average molecular weight is 163 g/mol. The highest BCUT2D eigenvalue weighted by Gasteiger charge is 2.46. The Bertz CT molecular complexity index is 263. The molecule has 1 fully saturated rings. The van der Waals surface area contributed by atoms with Crippen LogP contribution >= 0.6 is 0 Å². The molecule has 1 N–H and O–H groups in total. The van der Waals surface area contributed by atoms with E-state index in [0.717, 1.165) is 31.6 Å². The van der Waals surface area contributed by atoms with Crippen molar-refractivity contribution in [2.75, 3.05) is 6.54 Å². The van der Waals surface area contributed by atoms with Gasteiger partial charge in [-0.3, -0.25) is 4.99 Å². The first-order valence-corrected chi connectivity index (χ1v) is 4.53. The Hall–Kier alpha value is -1.04. The zero-order valence-corrected chi connectivity index (χ0v) is 7.30. The van der Waals surface area contributed by atoms with E-state index in [1.807, 2.05) is 0 Å². The van der Waals surface area contributed by atoms with Crippen molar-refractivity contribution in [1.29, 1.82) is 5.26 Å². The lowest BCUT2D eigenvalue weighted by atomic mass is 9.84. The number of rotatable bonds is 1. The van der Waals surface area contributed by atoms with E-state index in [1.165, 1.54) is 0 Å². The summed E-state index contributed by atoms with van der Waals surface area (Å²) in [6, 6.07) is 2.89. The van der Waals surface area contributed by atoms with Gasteiger partial charge in [-0.15, -0.1) is 0 Å². The van der Waals surface area contributed by atoms with E-state index in [2.05, 4.69) is 23.3 Å². The van der Waals surface area contributed by atoms with E-state index >= 15 is 0 Å². The standard InChI is InChI=1S/C9H13N3/c1-2-7-5-9(6-10)3-4-11-8(9)12-7/h7H,2-5H2,1H3,(H,11,12). The number of aliphatic imine (C=N–C) groups is 1. The molecule has 1 saturated heterocycles. The maximum Gasteiger partial charge on any atom is 0.118 e. The lowest BCUT2D eigenvalue weighted by Crippen LogP contribution is -2.28. The Kier molecular flexibility index (Phi) is 1.57. The molecule has 3 heteroatoms. The van der Waals surface area contributed by atoms with Gasteiger partial charge in [0.25, 0.3) is 0 Å². The molecule has 2 atom stereocenters. The molecule has 0 aromatic heterocycles. The molecule has 2 aliphatic rings.